The van der Waals surface area contributed by atoms with Gasteiger partial charge in [0, 0.05) is 6.54 Å². The minimum atomic E-state index is -1.63. The Morgan fingerprint density at radius 3 is 2.53 bits per heavy atom. The van der Waals surface area contributed by atoms with Crippen LogP contribution in [0.5, 0.6) is 5.75 Å². The van der Waals surface area contributed by atoms with Crippen LogP contribution in [0.4, 0.5) is 0 Å². The summed E-state index contributed by atoms with van der Waals surface area (Å²) in [6, 6.07) is 18.0. The number of hydrogen-bond donors (Lipinski definition) is 4. The van der Waals surface area contributed by atoms with Gasteiger partial charge in [-0.2, -0.15) is 0 Å². The van der Waals surface area contributed by atoms with E-state index in [-0.39, 0.29) is 18.4 Å². The van der Waals surface area contributed by atoms with Crippen molar-refractivity contribution < 1.29 is 19.6 Å². The van der Waals surface area contributed by atoms with Crippen molar-refractivity contribution in [2.45, 2.75) is 51.5 Å². The number of hydrogen-bond acceptors (Lipinski definition) is 7. The van der Waals surface area contributed by atoms with E-state index in [1.807, 2.05) is 61.3 Å². The van der Waals surface area contributed by atoms with Crippen molar-refractivity contribution in [3.05, 3.63) is 71.8 Å². The van der Waals surface area contributed by atoms with Gasteiger partial charge in [0.25, 0.3) is 0 Å². The quantitative estimate of drug-likeness (QED) is 0.339. The van der Waals surface area contributed by atoms with E-state index >= 15 is 0 Å². The molecule has 4 N–H and O–H groups in total. The van der Waals surface area contributed by atoms with Crippen LogP contribution in [0.3, 0.4) is 0 Å². The van der Waals surface area contributed by atoms with E-state index in [1.165, 1.54) is 19.3 Å². The molecule has 0 spiro atoms. The summed E-state index contributed by atoms with van der Waals surface area (Å²) in [7, 11) is -1.63. The van der Waals surface area contributed by atoms with Crippen molar-refractivity contribution in [1.82, 2.24) is 20.7 Å². The monoisotopic (exact) mass is 520 g/mol. The van der Waals surface area contributed by atoms with Crippen molar-refractivity contribution in [2.75, 3.05) is 32.8 Å². The maximum absolute atomic E-state index is 13.0. The number of amides is 1. The first kappa shape index (κ1) is 28.2. The number of nitrogens with one attached hydrogen (secondary N) is 2. The topological polar surface area (TPSA) is 97.3 Å². The Morgan fingerprint density at radius 2 is 1.84 bits per heavy atom. The van der Waals surface area contributed by atoms with E-state index in [9.17, 15) is 14.8 Å². The molecule has 38 heavy (non-hydrogen) atoms. The van der Waals surface area contributed by atoms with Gasteiger partial charge in [-0.05, 0) is 68.1 Å². The van der Waals surface area contributed by atoms with Gasteiger partial charge < -0.3 is 20.1 Å². The number of nitrogens with zero attached hydrogens (tertiary/aromatic N) is 2. The van der Waals surface area contributed by atoms with Crippen LogP contribution in [-0.4, -0.2) is 71.7 Å². The molecule has 4 rings (SSSR count). The molecule has 2 unspecified atom stereocenters. The summed E-state index contributed by atoms with van der Waals surface area (Å²) < 4.78 is 6.13. The summed E-state index contributed by atoms with van der Waals surface area (Å²) in [6.07, 6.45) is 5.98. The number of rotatable bonds is 11. The minimum Gasteiger partial charge on any atom is -0.492 e. The Hall–Kier alpha value is -2.85. The van der Waals surface area contributed by atoms with Crippen molar-refractivity contribution in [2.24, 2.45) is 5.92 Å². The van der Waals surface area contributed by atoms with Gasteiger partial charge in [-0.15, -0.1) is 0 Å². The highest BCUT2D eigenvalue weighted by Gasteiger charge is 2.37. The van der Waals surface area contributed by atoms with Crippen LogP contribution in [0.25, 0.3) is 5.70 Å². The third-order valence-corrected chi connectivity index (χ3v) is 7.38. The van der Waals surface area contributed by atoms with Gasteiger partial charge in [0.1, 0.15) is 18.9 Å². The van der Waals surface area contributed by atoms with E-state index < -0.39 is 18.6 Å². The molecule has 1 fully saturated rings. The molecule has 2 atom stereocenters. The predicted molar refractivity (Wildman–Crippen MR) is 151 cm³/mol. The molecule has 2 aliphatic rings. The Balaban J connectivity index is 1.49. The maximum atomic E-state index is 13.0. The molecule has 0 bridgehead atoms. The molecule has 204 valence electrons. The normalized spacial score (nSPS) is 20.8. The molecule has 2 aromatic carbocycles. The SMILES string of the molecule is CC(C)C(NC(=O)CN1NC(C)(c2cccc(OCCN3CCCCC3)c2)C=C1c1ccccc1)B(O)O. The number of carbonyl (C=O) groups is 1. The first-order valence-corrected chi connectivity index (χ1v) is 13.7. The van der Waals surface area contributed by atoms with Gasteiger partial charge in [0.05, 0.1) is 17.2 Å². The summed E-state index contributed by atoms with van der Waals surface area (Å²) in [6.45, 7) is 9.65. The fourth-order valence-electron chi connectivity index (χ4n) is 5.19. The van der Waals surface area contributed by atoms with Gasteiger partial charge in [-0.25, -0.2) is 5.43 Å². The largest absolute Gasteiger partial charge is 0.492 e. The van der Waals surface area contributed by atoms with Crippen molar-refractivity contribution in [3.8, 4) is 5.75 Å². The zero-order chi connectivity index (χ0) is 27.1. The maximum Gasteiger partial charge on any atom is 0.475 e. The van der Waals surface area contributed by atoms with E-state index in [4.69, 9.17) is 4.74 Å². The third-order valence-electron chi connectivity index (χ3n) is 7.38. The van der Waals surface area contributed by atoms with Gasteiger partial charge in [0.2, 0.25) is 5.91 Å². The molecule has 2 aromatic rings. The lowest BCUT2D eigenvalue weighted by Crippen LogP contribution is -2.53. The van der Waals surface area contributed by atoms with Crippen molar-refractivity contribution in [3.63, 3.8) is 0 Å². The first-order valence-electron chi connectivity index (χ1n) is 13.7. The van der Waals surface area contributed by atoms with Crippen LogP contribution in [0.1, 0.15) is 51.2 Å². The highest BCUT2D eigenvalue weighted by Crippen LogP contribution is 2.36. The van der Waals surface area contributed by atoms with Gasteiger partial charge in [-0.1, -0.05) is 62.7 Å². The van der Waals surface area contributed by atoms with E-state index in [0.29, 0.717) is 6.61 Å². The molecule has 9 heteroatoms. The molecule has 8 nitrogen and oxygen atoms in total. The van der Waals surface area contributed by atoms with Crippen LogP contribution in [-0.2, 0) is 10.3 Å². The third kappa shape index (κ3) is 7.17. The highest BCUT2D eigenvalue weighted by atomic mass is 16.5. The van der Waals surface area contributed by atoms with Crippen LogP contribution in [0.15, 0.2) is 60.7 Å². The fraction of sp³-hybridized carbons (Fsp3) is 0.483. The molecular formula is C29H41BN4O4. The molecule has 1 saturated heterocycles. The second kappa shape index (κ2) is 12.8. The molecular weight excluding hydrogens is 479 g/mol. The summed E-state index contributed by atoms with van der Waals surface area (Å²) in [4.78, 5) is 15.4. The molecule has 2 heterocycles. The zero-order valence-electron chi connectivity index (χ0n) is 22.8. The number of benzene rings is 2. The Bertz CT molecular complexity index is 1080. The number of hydrazine groups is 1. The van der Waals surface area contributed by atoms with Gasteiger partial charge in [-0.3, -0.25) is 14.7 Å². The average molecular weight is 520 g/mol. The van der Waals surface area contributed by atoms with Crippen molar-refractivity contribution in [1.29, 1.82) is 0 Å². The zero-order valence-corrected chi connectivity index (χ0v) is 22.8. The summed E-state index contributed by atoms with van der Waals surface area (Å²) in [5.74, 6) is -0.354. The number of likely N-dealkylation sites (tertiary alicyclic amines) is 1. The Kier molecular flexibility index (Phi) is 9.49. The van der Waals surface area contributed by atoms with Gasteiger partial charge >= 0.3 is 7.12 Å². The Labute approximate surface area is 226 Å². The molecule has 0 aliphatic carbocycles. The molecule has 0 radical (unpaired) electrons. The second-order valence-corrected chi connectivity index (χ2v) is 10.8. The molecule has 0 saturated carbocycles. The summed E-state index contributed by atoms with van der Waals surface area (Å²) >= 11 is 0. The van der Waals surface area contributed by atoms with Crippen LogP contribution in [0, 0.1) is 5.92 Å². The Morgan fingerprint density at radius 1 is 1.11 bits per heavy atom. The number of carbonyl (C=O) groups excluding carboxylic acids is 1. The number of piperidine rings is 1. The van der Waals surface area contributed by atoms with Gasteiger partial charge in [0.15, 0.2) is 0 Å². The number of ether oxygens (including phenoxy) is 1. The summed E-state index contributed by atoms with van der Waals surface area (Å²) in [5.41, 5.74) is 5.83. The lowest BCUT2D eigenvalue weighted by atomic mass is 9.73. The minimum absolute atomic E-state index is 0.0122. The van der Waals surface area contributed by atoms with E-state index in [2.05, 4.69) is 40.8 Å². The van der Waals surface area contributed by atoms with Crippen LogP contribution < -0.4 is 15.5 Å². The van der Waals surface area contributed by atoms with E-state index in [0.717, 1.165) is 42.2 Å². The van der Waals surface area contributed by atoms with Crippen LogP contribution in [0.2, 0.25) is 0 Å². The molecule has 1 amide bonds. The predicted octanol–water partition coefficient (Wildman–Crippen LogP) is 2.78. The van der Waals surface area contributed by atoms with Crippen molar-refractivity contribution >= 4 is 18.7 Å². The fourth-order valence-corrected chi connectivity index (χ4v) is 5.19. The van der Waals surface area contributed by atoms with Crippen LogP contribution >= 0.6 is 0 Å². The lowest BCUT2D eigenvalue weighted by Gasteiger charge is -2.30. The second-order valence-electron chi connectivity index (χ2n) is 10.8. The smallest absolute Gasteiger partial charge is 0.475 e. The highest BCUT2D eigenvalue weighted by molar-refractivity contribution is 6.43. The molecule has 2 aliphatic heterocycles. The average Bonchev–Trinajstić information content (AvgIpc) is 3.25. The molecule has 0 aromatic heterocycles. The van der Waals surface area contributed by atoms with E-state index in [1.54, 1.807) is 0 Å². The lowest BCUT2D eigenvalue weighted by molar-refractivity contribution is -0.122. The standard InChI is InChI=1S/C29H41BN4O4/c1-22(2)28(30(36)37)31-27(35)21-34-26(23-11-6-4-7-12-23)20-29(3,32-34)24-13-10-14-25(19-24)38-18-17-33-15-8-5-9-16-33/h4,6-7,10-14,19-20,22,28,32,36-37H,5,8-9,15-18,21H2,1-3H3,(H,31,35). The first-order chi connectivity index (χ1) is 18.2. The summed E-state index contributed by atoms with van der Waals surface area (Å²) in [5, 5.41) is 24.0.